The summed E-state index contributed by atoms with van der Waals surface area (Å²) in [4.78, 5) is 10.2. The maximum Gasteiger partial charge on any atom is 0.160 e. The molecule has 0 amide bonds. The number of nitrogens with zero attached hydrogens (tertiary/aromatic N) is 3. The Kier molecular flexibility index (Phi) is 5.79. The van der Waals surface area contributed by atoms with Gasteiger partial charge in [0.2, 0.25) is 0 Å². The SMILES string of the molecule is CCn1c2ccccc2c2cc3c4ccc(-c5nc(-c6ccccc6)cc(-c6ccccc6)n5)cc4c4ccccc4c3cc21. The molecule has 0 saturated heterocycles. The van der Waals surface area contributed by atoms with Gasteiger partial charge in [-0.1, -0.05) is 115 Å². The number of hydrogen-bond donors (Lipinski definition) is 0. The molecule has 45 heavy (non-hydrogen) atoms. The summed E-state index contributed by atoms with van der Waals surface area (Å²) in [6.45, 7) is 3.16. The Bertz CT molecular complexity index is 2510. The zero-order valence-electron chi connectivity index (χ0n) is 24.9. The monoisotopic (exact) mass is 575 g/mol. The highest BCUT2D eigenvalue weighted by Gasteiger charge is 2.17. The van der Waals surface area contributed by atoms with Crippen LogP contribution in [0.1, 0.15) is 6.92 Å². The fourth-order valence-corrected chi connectivity index (χ4v) is 7.06. The Morgan fingerprint density at radius 1 is 0.400 bits per heavy atom. The van der Waals surface area contributed by atoms with Gasteiger partial charge in [-0.15, -0.1) is 0 Å². The molecule has 0 aliphatic heterocycles. The zero-order valence-corrected chi connectivity index (χ0v) is 24.9. The summed E-state index contributed by atoms with van der Waals surface area (Å²) < 4.78 is 2.44. The second kappa shape index (κ2) is 10.1. The Morgan fingerprint density at radius 2 is 0.933 bits per heavy atom. The maximum atomic E-state index is 5.12. The van der Waals surface area contributed by atoms with Crippen molar-refractivity contribution in [1.82, 2.24) is 14.5 Å². The highest BCUT2D eigenvalue weighted by molar-refractivity contribution is 6.29. The van der Waals surface area contributed by atoms with E-state index >= 15 is 0 Å². The zero-order chi connectivity index (χ0) is 29.9. The van der Waals surface area contributed by atoms with Crippen molar-refractivity contribution in [3.8, 4) is 33.9 Å². The van der Waals surface area contributed by atoms with Crippen LogP contribution in [-0.4, -0.2) is 14.5 Å². The fraction of sp³-hybridized carbons (Fsp3) is 0.0476. The van der Waals surface area contributed by atoms with Crippen LogP contribution in [0.25, 0.3) is 88.0 Å². The van der Waals surface area contributed by atoms with Crippen LogP contribution in [0.15, 0.2) is 146 Å². The van der Waals surface area contributed by atoms with E-state index in [9.17, 15) is 0 Å². The lowest BCUT2D eigenvalue weighted by molar-refractivity contribution is 0.827. The molecule has 212 valence electrons. The van der Waals surface area contributed by atoms with Crippen LogP contribution in [0.4, 0.5) is 0 Å². The van der Waals surface area contributed by atoms with Crippen molar-refractivity contribution < 1.29 is 0 Å². The minimum atomic E-state index is 0.725. The minimum Gasteiger partial charge on any atom is -0.341 e. The third kappa shape index (κ3) is 4.05. The number of benzene rings is 7. The maximum absolute atomic E-state index is 5.12. The van der Waals surface area contributed by atoms with E-state index in [4.69, 9.17) is 9.97 Å². The second-order valence-corrected chi connectivity index (χ2v) is 11.7. The van der Waals surface area contributed by atoms with Crippen molar-refractivity contribution in [3.05, 3.63) is 146 Å². The predicted octanol–water partition coefficient (Wildman–Crippen LogP) is 11.1. The van der Waals surface area contributed by atoms with Gasteiger partial charge in [-0.05, 0) is 69.6 Å². The van der Waals surface area contributed by atoms with Gasteiger partial charge in [-0.2, -0.15) is 0 Å². The molecular formula is C42H29N3. The molecule has 0 atom stereocenters. The van der Waals surface area contributed by atoms with Crippen LogP contribution < -0.4 is 0 Å². The summed E-state index contributed by atoms with van der Waals surface area (Å²) >= 11 is 0. The molecule has 0 fully saturated rings. The number of hydrogen-bond acceptors (Lipinski definition) is 2. The van der Waals surface area contributed by atoms with Gasteiger partial charge < -0.3 is 4.57 Å². The van der Waals surface area contributed by atoms with Gasteiger partial charge >= 0.3 is 0 Å². The van der Waals surface area contributed by atoms with E-state index in [0.29, 0.717) is 0 Å². The van der Waals surface area contributed by atoms with E-state index in [1.807, 2.05) is 12.1 Å². The van der Waals surface area contributed by atoms with Gasteiger partial charge in [0.15, 0.2) is 5.82 Å². The van der Waals surface area contributed by atoms with E-state index in [1.54, 1.807) is 0 Å². The number of aryl methyl sites for hydroxylation is 1. The van der Waals surface area contributed by atoms with Crippen LogP contribution in [0.2, 0.25) is 0 Å². The van der Waals surface area contributed by atoms with E-state index in [-0.39, 0.29) is 0 Å². The number of para-hydroxylation sites is 1. The van der Waals surface area contributed by atoms with Gasteiger partial charge in [0, 0.05) is 45.0 Å². The quantitative estimate of drug-likeness (QED) is 0.195. The van der Waals surface area contributed by atoms with Crippen molar-refractivity contribution in [3.63, 3.8) is 0 Å². The minimum absolute atomic E-state index is 0.725. The van der Waals surface area contributed by atoms with Gasteiger partial charge in [-0.25, -0.2) is 9.97 Å². The molecule has 3 heteroatoms. The molecule has 0 saturated carbocycles. The lowest BCUT2D eigenvalue weighted by Gasteiger charge is -2.14. The average Bonchev–Trinajstić information content (AvgIpc) is 3.44. The molecule has 0 bridgehead atoms. The average molecular weight is 576 g/mol. The Labute approximate surface area is 261 Å². The van der Waals surface area contributed by atoms with Crippen molar-refractivity contribution in [2.24, 2.45) is 0 Å². The Morgan fingerprint density at radius 3 is 1.58 bits per heavy atom. The third-order valence-corrected chi connectivity index (χ3v) is 9.17. The predicted molar refractivity (Wildman–Crippen MR) is 190 cm³/mol. The summed E-state index contributed by atoms with van der Waals surface area (Å²) in [7, 11) is 0. The fourth-order valence-electron chi connectivity index (χ4n) is 7.06. The Balaban J connectivity index is 1.33. The standard InChI is InChI=1S/C42H29N3/c1-2-45-40-20-12-11-19-33(40)37-24-35-32-22-21-29(23-34(32)30-17-9-10-18-31(30)36(35)25-41(37)45)42-43-38(27-13-5-3-6-14-27)26-39(44-42)28-15-7-4-8-16-28/h3-26H,2H2,1H3. The summed E-state index contributed by atoms with van der Waals surface area (Å²) in [5.41, 5.74) is 7.55. The number of fused-ring (bicyclic) bond motifs is 9. The van der Waals surface area contributed by atoms with Crippen molar-refractivity contribution in [2.75, 3.05) is 0 Å². The first-order valence-electron chi connectivity index (χ1n) is 15.6. The number of aromatic nitrogens is 3. The highest BCUT2D eigenvalue weighted by atomic mass is 15.0. The first kappa shape index (κ1) is 25.7. The molecule has 0 aliphatic carbocycles. The molecule has 7 aromatic carbocycles. The van der Waals surface area contributed by atoms with Crippen molar-refractivity contribution in [2.45, 2.75) is 13.5 Å². The molecule has 0 radical (unpaired) electrons. The summed E-state index contributed by atoms with van der Waals surface area (Å²) in [6.07, 6.45) is 0. The normalized spacial score (nSPS) is 11.8. The van der Waals surface area contributed by atoms with Crippen molar-refractivity contribution in [1.29, 1.82) is 0 Å². The summed E-state index contributed by atoms with van der Waals surface area (Å²) in [6, 6.07) is 51.9. The molecule has 2 heterocycles. The highest BCUT2D eigenvalue weighted by Crippen LogP contribution is 2.41. The molecule has 3 nitrogen and oxygen atoms in total. The molecule has 0 unspecified atom stereocenters. The Hall–Kier alpha value is -5.80. The lowest BCUT2D eigenvalue weighted by Crippen LogP contribution is -1.96. The third-order valence-electron chi connectivity index (χ3n) is 9.17. The lowest BCUT2D eigenvalue weighted by atomic mass is 9.92. The molecule has 0 N–H and O–H groups in total. The van der Waals surface area contributed by atoms with Gasteiger partial charge in [0.25, 0.3) is 0 Å². The van der Waals surface area contributed by atoms with Crippen LogP contribution in [0.5, 0.6) is 0 Å². The van der Waals surface area contributed by atoms with Crippen molar-refractivity contribution >= 4 is 54.1 Å². The summed E-state index contributed by atoms with van der Waals surface area (Å²) in [5, 5.41) is 10.1. The van der Waals surface area contributed by atoms with E-state index in [1.165, 1.54) is 54.1 Å². The van der Waals surface area contributed by atoms with E-state index in [2.05, 4.69) is 145 Å². The topological polar surface area (TPSA) is 30.7 Å². The number of rotatable bonds is 4. The van der Waals surface area contributed by atoms with Crippen LogP contribution >= 0.6 is 0 Å². The van der Waals surface area contributed by atoms with Gasteiger partial charge in [-0.3, -0.25) is 0 Å². The molecule has 0 spiro atoms. The van der Waals surface area contributed by atoms with E-state index < -0.39 is 0 Å². The molecule has 0 aliphatic rings. The van der Waals surface area contributed by atoms with Crippen LogP contribution in [0.3, 0.4) is 0 Å². The first-order chi connectivity index (χ1) is 22.3. The molecule has 2 aromatic heterocycles. The molecule has 9 rings (SSSR count). The van der Waals surface area contributed by atoms with Gasteiger partial charge in [0.1, 0.15) is 0 Å². The second-order valence-electron chi connectivity index (χ2n) is 11.7. The van der Waals surface area contributed by atoms with E-state index in [0.717, 1.165) is 40.4 Å². The molecule has 9 aromatic rings. The smallest absolute Gasteiger partial charge is 0.160 e. The molecular weight excluding hydrogens is 546 g/mol. The summed E-state index contributed by atoms with van der Waals surface area (Å²) in [5.74, 6) is 0.725. The van der Waals surface area contributed by atoms with Crippen LogP contribution in [0, 0.1) is 0 Å². The largest absolute Gasteiger partial charge is 0.341 e. The van der Waals surface area contributed by atoms with Crippen LogP contribution in [-0.2, 0) is 6.54 Å². The first-order valence-corrected chi connectivity index (χ1v) is 15.6. The van der Waals surface area contributed by atoms with Gasteiger partial charge in [0.05, 0.1) is 11.4 Å².